The number of imidazole rings is 1. The lowest BCUT2D eigenvalue weighted by Gasteiger charge is -2.28. The third-order valence-corrected chi connectivity index (χ3v) is 4.49. The molecule has 0 bridgehead atoms. The van der Waals surface area contributed by atoms with Crippen LogP contribution in [0.2, 0.25) is 0 Å². The van der Waals surface area contributed by atoms with E-state index in [2.05, 4.69) is 9.97 Å². The van der Waals surface area contributed by atoms with Gasteiger partial charge in [0.25, 0.3) is 5.91 Å². The third kappa shape index (κ3) is 3.85. The second kappa shape index (κ2) is 7.27. The van der Waals surface area contributed by atoms with E-state index in [-0.39, 0.29) is 11.8 Å². The molecule has 3 rings (SSSR count). The van der Waals surface area contributed by atoms with Crippen molar-refractivity contribution >= 4 is 5.91 Å². The number of benzene rings is 1. The van der Waals surface area contributed by atoms with Gasteiger partial charge in [0, 0.05) is 18.5 Å². The largest absolute Gasteiger partial charge is 0.497 e. The van der Waals surface area contributed by atoms with Crippen molar-refractivity contribution in [1.82, 2.24) is 14.9 Å². The molecule has 2 N–H and O–H groups in total. The van der Waals surface area contributed by atoms with Crippen molar-refractivity contribution < 1.29 is 14.6 Å². The van der Waals surface area contributed by atoms with Gasteiger partial charge in [0.05, 0.1) is 25.0 Å². The van der Waals surface area contributed by atoms with Gasteiger partial charge in [-0.15, -0.1) is 0 Å². The number of fused-ring (bicyclic) bond motifs is 1. The van der Waals surface area contributed by atoms with E-state index in [0.717, 1.165) is 28.5 Å². The number of aliphatic hydroxyl groups is 1. The van der Waals surface area contributed by atoms with Crippen molar-refractivity contribution in [2.45, 2.75) is 39.3 Å². The van der Waals surface area contributed by atoms with Crippen molar-refractivity contribution in [3.8, 4) is 17.1 Å². The first-order chi connectivity index (χ1) is 12.0. The highest BCUT2D eigenvalue weighted by Crippen LogP contribution is 2.25. The van der Waals surface area contributed by atoms with Gasteiger partial charge in [0.2, 0.25) is 0 Å². The third-order valence-electron chi connectivity index (χ3n) is 4.49. The molecule has 25 heavy (non-hydrogen) atoms. The Morgan fingerprint density at radius 3 is 2.72 bits per heavy atom. The number of ether oxygens (including phenoxy) is 1. The van der Waals surface area contributed by atoms with E-state index in [1.807, 2.05) is 38.1 Å². The molecule has 0 saturated carbocycles. The van der Waals surface area contributed by atoms with Gasteiger partial charge in [-0.1, -0.05) is 13.8 Å². The Balaban J connectivity index is 1.73. The van der Waals surface area contributed by atoms with Gasteiger partial charge >= 0.3 is 0 Å². The quantitative estimate of drug-likeness (QED) is 0.874. The summed E-state index contributed by atoms with van der Waals surface area (Å²) in [6.07, 6.45) is 0.259. The average molecular weight is 343 g/mol. The summed E-state index contributed by atoms with van der Waals surface area (Å²) in [5.74, 6) is 1.69. The fourth-order valence-electron chi connectivity index (χ4n) is 3.13. The number of H-pyrrole nitrogens is 1. The van der Waals surface area contributed by atoms with E-state index in [1.165, 1.54) is 0 Å². The van der Waals surface area contributed by atoms with Crippen LogP contribution in [0.1, 0.15) is 31.7 Å². The Morgan fingerprint density at radius 1 is 1.36 bits per heavy atom. The maximum atomic E-state index is 12.4. The highest BCUT2D eigenvalue weighted by molar-refractivity contribution is 5.80. The number of amides is 1. The minimum atomic E-state index is -0.925. The maximum Gasteiger partial charge on any atom is 0.251 e. The van der Waals surface area contributed by atoms with Gasteiger partial charge in [0.1, 0.15) is 17.7 Å². The van der Waals surface area contributed by atoms with Gasteiger partial charge in [0.15, 0.2) is 0 Å². The molecule has 0 saturated heterocycles. The molecular weight excluding hydrogens is 318 g/mol. The first-order valence-corrected chi connectivity index (χ1v) is 8.67. The van der Waals surface area contributed by atoms with Crippen LogP contribution in [-0.2, 0) is 17.8 Å². The zero-order valence-electron chi connectivity index (χ0n) is 15.0. The summed E-state index contributed by atoms with van der Waals surface area (Å²) in [5.41, 5.74) is 2.92. The van der Waals surface area contributed by atoms with Crippen LogP contribution in [0.5, 0.6) is 5.75 Å². The summed E-state index contributed by atoms with van der Waals surface area (Å²) in [5, 5.41) is 10.1. The van der Waals surface area contributed by atoms with Gasteiger partial charge < -0.3 is 19.7 Å². The van der Waals surface area contributed by atoms with Gasteiger partial charge in [-0.2, -0.15) is 0 Å². The number of rotatable bonds is 5. The number of hydrogen-bond donors (Lipinski definition) is 2. The Kier molecular flexibility index (Phi) is 5.08. The zero-order chi connectivity index (χ0) is 18.0. The molecule has 0 spiro atoms. The summed E-state index contributed by atoms with van der Waals surface area (Å²) < 4.78 is 5.18. The fraction of sp³-hybridized carbons (Fsp3) is 0.474. The Hall–Kier alpha value is -2.34. The van der Waals surface area contributed by atoms with Crippen LogP contribution in [0, 0.1) is 5.92 Å². The van der Waals surface area contributed by atoms with Crippen molar-refractivity contribution in [1.29, 1.82) is 0 Å². The van der Waals surface area contributed by atoms with E-state index >= 15 is 0 Å². The Labute approximate surface area is 147 Å². The molecule has 0 radical (unpaired) electrons. The molecule has 6 nitrogen and oxygen atoms in total. The minimum Gasteiger partial charge on any atom is -0.497 e. The van der Waals surface area contributed by atoms with Crippen molar-refractivity contribution in [2.75, 3.05) is 13.7 Å². The summed E-state index contributed by atoms with van der Waals surface area (Å²) in [6, 6.07) is 7.71. The summed E-state index contributed by atoms with van der Waals surface area (Å²) >= 11 is 0. The number of aliphatic hydroxyl groups excluding tert-OH is 1. The van der Waals surface area contributed by atoms with Crippen molar-refractivity contribution in [3.63, 3.8) is 0 Å². The Morgan fingerprint density at radius 2 is 2.08 bits per heavy atom. The van der Waals surface area contributed by atoms with Crippen LogP contribution < -0.4 is 4.74 Å². The average Bonchev–Trinajstić information content (AvgIpc) is 3.03. The van der Waals surface area contributed by atoms with Crippen molar-refractivity contribution in [3.05, 3.63) is 35.7 Å². The second-order valence-electron chi connectivity index (χ2n) is 6.89. The van der Waals surface area contributed by atoms with E-state index in [4.69, 9.17) is 4.74 Å². The van der Waals surface area contributed by atoms with Crippen LogP contribution in [0.3, 0.4) is 0 Å². The molecule has 1 aliphatic rings. The lowest BCUT2D eigenvalue weighted by molar-refractivity contribution is -0.142. The molecule has 2 heterocycles. The predicted molar refractivity (Wildman–Crippen MR) is 95.2 cm³/mol. The number of methoxy groups -OCH3 is 1. The van der Waals surface area contributed by atoms with Crippen LogP contribution in [0.15, 0.2) is 24.3 Å². The van der Waals surface area contributed by atoms with Crippen molar-refractivity contribution in [2.24, 2.45) is 5.92 Å². The normalized spacial score (nSPS) is 15.2. The molecule has 6 heteroatoms. The van der Waals surface area contributed by atoms with Crippen LogP contribution in [0.25, 0.3) is 11.4 Å². The molecule has 0 fully saturated rings. The second-order valence-corrected chi connectivity index (χ2v) is 6.89. The number of nitrogens with zero attached hydrogens (tertiary/aromatic N) is 2. The highest BCUT2D eigenvalue weighted by Gasteiger charge is 2.28. The van der Waals surface area contributed by atoms with E-state index < -0.39 is 6.10 Å². The minimum absolute atomic E-state index is 0.194. The summed E-state index contributed by atoms with van der Waals surface area (Å²) in [6.45, 7) is 5.06. The number of aromatic nitrogens is 2. The molecular formula is C19H25N3O3. The number of hydrogen-bond acceptors (Lipinski definition) is 4. The van der Waals surface area contributed by atoms with Crippen LogP contribution in [0.4, 0.5) is 0 Å². The topological polar surface area (TPSA) is 78.5 Å². The molecule has 1 aliphatic heterocycles. The molecule has 1 atom stereocenters. The van der Waals surface area contributed by atoms with Gasteiger partial charge in [-0.25, -0.2) is 4.98 Å². The van der Waals surface area contributed by atoms with E-state index in [1.54, 1.807) is 12.0 Å². The lowest BCUT2D eigenvalue weighted by Crippen LogP contribution is -2.42. The lowest BCUT2D eigenvalue weighted by atomic mass is 10.0. The molecule has 2 aromatic rings. The molecule has 1 aromatic heterocycles. The van der Waals surface area contributed by atoms with Crippen LogP contribution >= 0.6 is 0 Å². The maximum absolute atomic E-state index is 12.4. The number of aromatic amines is 1. The first-order valence-electron chi connectivity index (χ1n) is 8.67. The van der Waals surface area contributed by atoms with Crippen LogP contribution in [-0.4, -0.2) is 45.6 Å². The molecule has 1 aromatic carbocycles. The number of carbonyl (C=O) groups is 1. The predicted octanol–water partition coefficient (Wildman–Crippen LogP) is 2.38. The zero-order valence-corrected chi connectivity index (χ0v) is 15.0. The standard InChI is InChI=1S/C19H25N3O3/c1-12(2)10-17(23)19(24)22-9-8-15-16(11-22)21-18(20-15)13-4-6-14(25-3)7-5-13/h4-7,12,17,23H,8-11H2,1-3H3,(H,20,21). The SMILES string of the molecule is COc1ccc(-c2nc3c([nH]2)CN(C(=O)C(O)CC(C)C)CC3)cc1. The summed E-state index contributed by atoms with van der Waals surface area (Å²) in [4.78, 5) is 22.1. The molecule has 134 valence electrons. The Bertz CT molecular complexity index is 737. The first kappa shape index (κ1) is 17.5. The molecule has 1 unspecified atom stereocenters. The van der Waals surface area contributed by atoms with E-state index in [9.17, 15) is 9.90 Å². The smallest absolute Gasteiger partial charge is 0.251 e. The highest BCUT2D eigenvalue weighted by atomic mass is 16.5. The monoisotopic (exact) mass is 343 g/mol. The summed E-state index contributed by atoms with van der Waals surface area (Å²) in [7, 11) is 1.64. The van der Waals surface area contributed by atoms with Gasteiger partial charge in [-0.05, 0) is 36.6 Å². The fourth-order valence-corrected chi connectivity index (χ4v) is 3.13. The molecule has 1 amide bonds. The van der Waals surface area contributed by atoms with Gasteiger partial charge in [-0.3, -0.25) is 4.79 Å². The van der Waals surface area contributed by atoms with E-state index in [0.29, 0.717) is 25.9 Å². The number of carbonyl (C=O) groups excluding carboxylic acids is 1. The molecule has 0 aliphatic carbocycles. The number of nitrogens with one attached hydrogen (secondary N) is 1.